The van der Waals surface area contributed by atoms with E-state index in [0.29, 0.717) is 24.5 Å². The Morgan fingerprint density at radius 2 is 1.81 bits per heavy atom. The molecule has 7 nitrogen and oxygen atoms in total. The van der Waals surface area contributed by atoms with Crippen LogP contribution in [-0.4, -0.2) is 49.9 Å². The van der Waals surface area contributed by atoms with E-state index in [1.54, 1.807) is 24.4 Å². The fraction of sp³-hybridized carbons (Fsp3) is 0.182. The molecule has 0 spiro atoms. The number of sulfonamides is 1. The monoisotopic (exact) mass is 489 g/mol. The average Bonchev–Trinajstić information content (AvgIpc) is 2.82. The SMILES string of the molecule is O=C(Nc1ccc(Cl)c(S(=O)(=O)N2CCOCC2)c1)c1ccc(Sc2ccccn2)cc1. The third-order valence-electron chi connectivity index (χ3n) is 4.75. The Kier molecular flexibility index (Phi) is 7.12. The summed E-state index contributed by atoms with van der Waals surface area (Å²) in [6.07, 6.45) is 1.73. The van der Waals surface area contributed by atoms with Gasteiger partial charge >= 0.3 is 0 Å². The number of amides is 1. The van der Waals surface area contributed by atoms with Crippen LogP contribution in [0.25, 0.3) is 0 Å². The third kappa shape index (κ3) is 5.31. The first-order valence-electron chi connectivity index (χ1n) is 9.81. The van der Waals surface area contributed by atoms with Gasteiger partial charge in [-0.1, -0.05) is 29.4 Å². The smallest absolute Gasteiger partial charge is 0.255 e. The normalized spacial score (nSPS) is 14.8. The first-order chi connectivity index (χ1) is 15.4. The molecule has 0 atom stereocenters. The Morgan fingerprint density at radius 3 is 2.50 bits per heavy atom. The number of aromatic nitrogens is 1. The maximum Gasteiger partial charge on any atom is 0.255 e. The minimum Gasteiger partial charge on any atom is -0.379 e. The fourth-order valence-corrected chi connectivity index (χ4v) is 5.79. The van der Waals surface area contributed by atoms with Crippen molar-refractivity contribution in [2.75, 3.05) is 31.6 Å². The van der Waals surface area contributed by atoms with Gasteiger partial charge < -0.3 is 10.1 Å². The summed E-state index contributed by atoms with van der Waals surface area (Å²) >= 11 is 7.67. The highest BCUT2D eigenvalue weighted by atomic mass is 35.5. The molecule has 1 saturated heterocycles. The molecule has 1 amide bonds. The molecule has 32 heavy (non-hydrogen) atoms. The highest BCUT2D eigenvalue weighted by Crippen LogP contribution is 2.29. The zero-order chi connectivity index (χ0) is 22.6. The quantitative estimate of drug-likeness (QED) is 0.559. The molecule has 0 unspecified atom stereocenters. The highest BCUT2D eigenvalue weighted by Gasteiger charge is 2.28. The van der Waals surface area contributed by atoms with Crippen molar-refractivity contribution >= 4 is 45.0 Å². The van der Waals surface area contributed by atoms with Crippen LogP contribution in [0, 0.1) is 0 Å². The summed E-state index contributed by atoms with van der Waals surface area (Å²) in [6.45, 7) is 1.19. The molecule has 2 heterocycles. The number of nitrogens with one attached hydrogen (secondary N) is 1. The summed E-state index contributed by atoms with van der Waals surface area (Å²) in [7, 11) is -3.79. The Hall–Kier alpha value is -2.43. The lowest BCUT2D eigenvalue weighted by atomic mass is 10.2. The molecule has 0 aliphatic carbocycles. The molecule has 0 radical (unpaired) electrons. The molecule has 4 rings (SSSR count). The number of benzene rings is 2. The number of morpholine rings is 1. The number of carbonyl (C=O) groups is 1. The summed E-state index contributed by atoms with van der Waals surface area (Å²) in [5.74, 6) is -0.351. The molecule has 1 fully saturated rings. The summed E-state index contributed by atoms with van der Waals surface area (Å²) in [5.41, 5.74) is 0.793. The number of nitrogens with zero attached hydrogens (tertiary/aromatic N) is 2. The Bertz CT molecular complexity index is 1200. The average molecular weight is 490 g/mol. The van der Waals surface area contributed by atoms with E-state index in [4.69, 9.17) is 16.3 Å². The second kappa shape index (κ2) is 10.0. The van der Waals surface area contributed by atoms with Crippen molar-refractivity contribution in [3.05, 3.63) is 77.4 Å². The van der Waals surface area contributed by atoms with E-state index < -0.39 is 10.0 Å². The predicted octanol–water partition coefficient (Wildman–Crippen LogP) is 4.16. The molecular formula is C22H20ClN3O4S2. The molecule has 166 valence electrons. The molecule has 0 saturated carbocycles. The van der Waals surface area contributed by atoms with E-state index in [0.717, 1.165) is 9.92 Å². The minimum absolute atomic E-state index is 0.0408. The fourth-order valence-electron chi connectivity index (χ4n) is 3.11. The van der Waals surface area contributed by atoms with Crippen LogP contribution >= 0.6 is 23.4 Å². The largest absolute Gasteiger partial charge is 0.379 e. The summed E-state index contributed by atoms with van der Waals surface area (Å²) < 4.78 is 32.5. The van der Waals surface area contributed by atoms with Crippen LogP contribution in [0.1, 0.15) is 10.4 Å². The van der Waals surface area contributed by atoms with Crippen LogP contribution in [0.15, 0.2) is 81.7 Å². The molecule has 1 N–H and O–H groups in total. The van der Waals surface area contributed by atoms with Crippen molar-refractivity contribution in [2.24, 2.45) is 0 Å². The second-order valence-electron chi connectivity index (χ2n) is 6.91. The van der Waals surface area contributed by atoms with E-state index in [9.17, 15) is 13.2 Å². The molecule has 2 aromatic carbocycles. The number of pyridine rings is 1. The topological polar surface area (TPSA) is 88.6 Å². The molecule has 0 bridgehead atoms. The van der Waals surface area contributed by atoms with Crippen LogP contribution in [0.2, 0.25) is 5.02 Å². The van der Waals surface area contributed by atoms with Crippen LogP contribution < -0.4 is 5.32 Å². The number of hydrogen-bond acceptors (Lipinski definition) is 6. The summed E-state index contributed by atoms with van der Waals surface area (Å²) in [4.78, 5) is 17.9. The van der Waals surface area contributed by atoms with Gasteiger partial charge in [0, 0.05) is 35.4 Å². The van der Waals surface area contributed by atoms with E-state index in [2.05, 4.69) is 10.3 Å². The van der Waals surface area contributed by atoms with Crippen molar-refractivity contribution in [3.8, 4) is 0 Å². The number of ether oxygens (including phenoxy) is 1. The van der Waals surface area contributed by atoms with E-state index in [1.165, 1.54) is 28.2 Å². The number of halogens is 1. The summed E-state index contributed by atoms with van der Waals surface area (Å²) in [6, 6.07) is 17.2. The number of anilines is 1. The van der Waals surface area contributed by atoms with Crippen molar-refractivity contribution in [2.45, 2.75) is 14.8 Å². The lowest BCUT2D eigenvalue weighted by molar-refractivity contribution is 0.0730. The van der Waals surface area contributed by atoms with Gasteiger partial charge in [0.25, 0.3) is 5.91 Å². The van der Waals surface area contributed by atoms with Crippen molar-refractivity contribution < 1.29 is 17.9 Å². The predicted molar refractivity (Wildman–Crippen MR) is 124 cm³/mol. The Balaban J connectivity index is 1.48. The zero-order valence-corrected chi connectivity index (χ0v) is 19.3. The lowest BCUT2D eigenvalue weighted by Crippen LogP contribution is -2.40. The standard InChI is InChI=1S/C22H20ClN3O4S2/c23-19-9-6-17(15-20(19)32(28,29)26-11-13-30-14-12-26)25-22(27)16-4-7-18(8-5-16)31-21-3-1-2-10-24-21/h1-10,15H,11-14H2,(H,25,27). The maximum absolute atomic E-state index is 13.0. The van der Waals surface area contributed by atoms with Gasteiger partial charge in [-0.3, -0.25) is 4.79 Å². The van der Waals surface area contributed by atoms with Crippen molar-refractivity contribution in [1.29, 1.82) is 0 Å². The van der Waals surface area contributed by atoms with Gasteiger partial charge in [-0.05, 0) is 54.6 Å². The number of carbonyl (C=O) groups excluding carboxylic acids is 1. The molecule has 10 heteroatoms. The van der Waals surface area contributed by atoms with Gasteiger partial charge in [0.05, 0.1) is 18.2 Å². The Morgan fingerprint density at radius 1 is 1.06 bits per heavy atom. The van der Waals surface area contributed by atoms with E-state index >= 15 is 0 Å². The second-order valence-corrected chi connectivity index (χ2v) is 10.3. The first-order valence-corrected chi connectivity index (χ1v) is 12.4. The minimum atomic E-state index is -3.79. The van der Waals surface area contributed by atoms with Gasteiger partial charge in [0.2, 0.25) is 10.0 Å². The van der Waals surface area contributed by atoms with Gasteiger partial charge in [-0.15, -0.1) is 0 Å². The van der Waals surface area contributed by atoms with E-state index in [-0.39, 0.29) is 28.9 Å². The van der Waals surface area contributed by atoms with Crippen LogP contribution in [-0.2, 0) is 14.8 Å². The lowest BCUT2D eigenvalue weighted by Gasteiger charge is -2.26. The summed E-state index contributed by atoms with van der Waals surface area (Å²) in [5, 5.41) is 3.71. The zero-order valence-electron chi connectivity index (χ0n) is 16.9. The molecule has 1 aromatic heterocycles. The molecular weight excluding hydrogens is 470 g/mol. The highest BCUT2D eigenvalue weighted by molar-refractivity contribution is 7.99. The van der Waals surface area contributed by atoms with Gasteiger partial charge in [0.15, 0.2) is 0 Å². The third-order valence-corrected chi connectivity index (χ3v) is 8.09. The maximum atomic E-state index is 13.0. The van der Waals surface area contributed by atoms with Gasteiger partial charge in [-0.25, -0.2) is 13.4 Å². The van der Waals surface area contributed by atoms with Crippen LogP contribution in [0.5, 0.6) is 0 Å². The van der Waals surface area contributed by atoms with Crippen LogP contribution in [0.4, 0.5) is 5.69 Å². The van der Waals surface area contributed by atoms with Crippen LogP contribution in [0.3, 0.4) is 0 Å². The number of hydrogen-bond donors (Lipinski definition) is 1. The van der Waals surface area contributed by atoms with E-state index in [1.807, 2.05) is 30.3 Å². The molecule has 1 aliphatic rings. The number of rotatable bonds is 6. The molecule has 3 aromatic rings. The molecule has 1 aliphatic heterocycles. The van der Waals surface area contributed by atoms with Crippen molar-refractivity contribution in [1.82, 2.24) is 9.29 Å². The first kappa shape index (κ1) is 22.8. The Labute approximate surface area is 195 Å². The van der Waals surface area contributed by atoms with Gasteiger partial charge in [-0.2, -0.15) is 4.31 Å². The van der Waals surface area contributed by atoms with Crippen molar-refractivity contribution in [3.63, 3.8) is 0 Å². The van der Waals surface area contributed by atoms with Gasteiger partial charge in [0.1, 0.15) is 9.92 Å².